The Morgan fingerprint density at radius 3 is 1.26 bits per heavy atom. The summed E-state index contributed by atoms with van der Waals surface area (Å²) in [7, 11) is 0. The van der Waals surface area contributed by atoms with Crippen LogP contribution < -0.4 is 4.74 Å². The Morgan fingerprint density at radius 1 is 0.394 bits per heavy atom. The van der Waals surface area contributed by atoms with Crippen LogP contribution >= 0.6 is 11.6 Å². The number of benzene rings is 6. The van der Waals surface area contributed by atoms with Crippen LogP contribution in [0.2, 0.25) is 5.02 Å². The van der Waals surface area contributed by atoms with E-state index < -0.39 is 40.7 Å². The third-order valence-electron chi connectivity index (χ3n) is 16.7. The largest absolute Gasteiger partial charge is 0.487 e. The average molecular weight is 1860 g/mol. The van der Waals surface area contributed by atoms with Crippen LogP contribution in [-0.4, -0.2) is 25.6 Å². The summed E-state index contributed by atoms with van der Waals surface area (Å²) in [6.45, 7) is 36.2. The minimum Gasteiger partial charge on any atom is -0.487 e. The van der Waals surface area contributed by atoms with Crippen molar-refractivity contribution in [3.05, 3.63) is 203 Å². The fourth-order valence-corrected chi connectivity index (χ4v) is 10.1. The first kappa shape index (κ1) is 95.9. The monoisotopic (exact) mass is 1850 g/mol. The predicted molar refractivity (Wildman–Crippen MR) is 356 cm³/mol. The zero-order chi connectivity index (χ0) is 67.7. The fourth-order valence-electron chi connectivity index (χ4n) is 9.88. The van der Waals surface area contributed by atoms with Gasteiger partial charge in [-0.05, 0) is 226 Å². The van der Waals surface area contributed by atoms with Gasteiger partial charge in [0.1, 0.15) is 11.6 Å². The molecule has 0 spiro atoms. The Bertz CT molecular complexity index is 3100. The number of rotatable bonds is 0. The molecule has 1 saturated carbocycles. The Balaban J connectivity index is 0. The van der Waals surface area contributed by atoms with Gasteiger partial charge in [0.15, 0.2) is 41.1 Å². The van der Waals surface area contributed by atoms with Crippen LogP contribution in [0.3, 0.4) is 0 Å². The van der Waals surface area contributed by atoms with Crippen LogP contribution in [0, 0.1) is 302 Å². The second-order valence-corrected chi connectivity index (χ2v) is 26.2. The zero-order valence-corrected chi connectivity index (χ0v) is 72.5. The number of allylic oxidation sites excluding steroid dienone is 4. The standard InChI is InChI=1S/C12H9F3.C11H12F2O.C8H8ClF.C8H8F2.C8H13F.C8H16.C8H14.C8H10.C6H12O2.4Nd/c1-6-3-4-8-5-7(2)11(14)12(15)9(8)10(6)13;1-6-5-8-4-3-7(2)14-11(8)10(13)9(6)12;2*1-5-3-4-6(2)8(10)7(5)9;1-6-3-4-7(2)8(9)5-6;3*1-7-3-5-8(2)6-4-7;1-5-3-7-6(2)8-4-5;;;;/h3-5H,1-2H3;5,7H,3-4H2,1-2H3;2*3-4H,1-2H3;6H,3-5H2,1-2H3;7-8H,3-6H2,1-2H3;3,8H,4-6H2,1-2H3;3-6H,1-2H3;5-6H,3-4H2,1-2H3;;;;. The van der Waals surface area contributed by atoms with Crippen molar-refractivity contribution in [1.82, 2.24) is 0 Å². The molecule has 1 saturated heterocycles. The summed E-state index contributed by atoms with van der Waals surface area (Å²) in [5.74, 6) is -1.83. The van der Waals surface area contributed by atoms with Crippen molar-refractivity contribution in [3.63, 3.8) is 0 Å². The van der Waals surface area contributed by atoms with E-state index in [0.717, 1.165) is 66.9 Å². The van der Waals surface area contributed by atoms with Gasteiger partial charge in [-0.25, -0.2) is 35.1 Å². The Kier molecular flexibility index (Phi) is 50.4. The molecule has 0 radical (unpaired) electrons. The average Bonchev–Trinajstić information content (AvgIpc) is 0.794. The molecule has 0 amide bonds. The maximum Gasteiger partial charge on any atom is 0.201 e. The molecular formula is C77H102ClF9Nd4O3. The molecule has 0 N–H and O–H groups in total. The van der Waals surface area contributed by atoms with E-state index in [9.17, 15) is 39.5 Å². The topological polar surface area (TPSA) is 27.7 Å². The third kappa shape index (κ3) is 34.2. The quantitative estimate of drug-likeness (QED) is 0.112. The molecule has 11 rings (SSSR count). The van der Waals surface area contributed by atoms with E-state index in [1.165, 1.54) is 96.3 Å². The van der Waals surface area contributed by atoms with Gasteiger partial charge >= 0.3 is 0 Å². The van der Waals surface area contributed by atoms with Crippen LogP contribution in [0.4, 0.5) is 39.5 Å². The van der Waals surface area contributed by atoms with E-state index in [0.29, 0.717) is 51.5 Å². The van der Waals surface area contributed by atoms with Gasteiger partial charge in [-0.1, -0.05) is 155 Å². The maximum absolute atomic E-state index is 13.6. The van der Waals surface area contributed by atoms with Crippen molar-refractivity contribution in [2.75, 3.05) is 13.2 Å². The van der Waals surface area contributed by atoms with Gasteiger partial charge in [-0.15, -0.1) is 0 Å². The number of fused-ring (bicyclic) bond motifs is 2. The van der Waals surface area contributed by atoms with Gasteiger partial charge in [0.2, 0.25) is 5.82 Å². The molecule has 6 aromatic carbocycles. The van der Waals surface area contributed by atoms with Crippen molar-refractivity contribution in [2.45, 2.75) is 214 Å². The molecule has 6 aromatic rings. The molecule has 514 valence electrons. The second kappa shape index (κ2) is 49.5. The summed E-state index contributed by atoms with van der Waals surface area (Å²) in [4.78, 5) is 0. The van der Waals surface area contributed by atoms with Crippen molar-refractivity contribution in [1.29, 1.82) is 0 Å². The molecule has 3 nitrogen and oxygen atoms in total. The Labute approximate surface area is 695 Å². The summed E-state index contributed by atoms with van der Waals surface area (Å²) in [5, 5.41) is 0.354. The van der Waals surface area contributed by atoms with Gasteiger partial charge in [0.05, 0.1) is 35.6 Å². The Hall–Kier alpha value is -0.157. The van der Waals surface area contributed by atoms with Gasteiger partial charge in [-0.2, -0.15) is 4.39 Å². The molecule has 2 heterocycles. The number of hydrogen-bond donors (Lipinski definition) is 0. The van der Waals surface area contributed by atoms with Gasteiger partial charge in [0, 0.05) is 176 Å². The van der Waals surface area contributed by atoms with E-state index in [1.54, 1.807) is 68.8 Å². The molecule has 17 heteroatoms. The molecule has 94 heavy (non-hydrogen) atoms. The summed E-state index contributed by atoms with van der Waals surface area (Å²) < 4.78 is 133. The van der Waals surface area contributed by atoms with Crippen LogP contribution in [0.5, 0.6) is 5.75 Å². The molecule has 2 aliphatic heterocycles. The van der Waals surface area contributed by atoms with Gasteiger partial charge in [0.25, 0.3) is 0 Å². The molecule has 0 aromatic heterocycles. The molecule has 3 aliphatic carbocycles. The number of aryl methyl sites for hydroxylation is 10. The third-order valence-corrected chi connectivity index (χ3v) is 17.1. The molecule has 5 aliphatic rings. The van der Waals surface area contributed by atoms with Crippen LogP contribution in [0.15, 0.2) is 95.8 Å². The maximum atomic E-state index is 13.6. The first-order valence-electron chi connectivity index (χ1n) is 32.0. The molecule has 0 bridgehead atoms. The van der Waals surface area contributed by atoms with Crippen molar-refractivity contribution in [2.24, 2.45) is 29.6 Å². The summed E-state index contributed by atoms with van der Waals surface area (Å²) >= 11 is 5.61. The first-order chi connectivity index (χ1) is 42.2. The fraction of sp³-hybridized carbons (Fsp3) is 0.506. The molecule has 2 fully saturated rings. The summed E-state index contributed by atoms with van der Waals surface area (Å²) in [6, 6.07) is 21.4. The van der Waals surface area contributed by atoms with E-state index in [1.807, 2.05) is 20.8 Å². The van der Waals surface area contributed by atoms with E-state index in [4.69, 9.17) is 25.8 Å². The van der Waals surface area contributed by atoms with Gasteiger partial charge in [-0.3, -0.25) is 0 Å². The summed E-state index contributed by atoms with van der Waals surface area (Å²) in [6.07, 6.45) is 16.7. The van der Waals surface area contributed by atoms with Gasteiger partial charge < -0.3 is 14.2 Å². The van der Waals surface area contributed by atoms with Crippen LogP contribution in [-0.2, 0) is 15.9 Å². The van der Waals surface area contributed by atoms with E-state index in [-0.39, 0.29) is 209 Å². The van der Waals surface area contributed by atoms with Crippen LogP contribution in [0.1, 0.15) is 189 Å². The first-order valence-corrected chi connectivity index (χ1v) is 32.4. The minimum absolute atomic E-state index is 0. The van der Waals surface area contributed by atoms with Crippen molar-refractivity contribution >= 4 is 22.4 Å². The van der Waals surface area contributed by atoms with Crippen molar-refractivity contribution < 1.29 is 217 Å². The SMILES string of the molecule is CC1=C(F)CC(C)CC1.CC1=CCC(C)CC1.CC1CCC(C)CC1.CC1COC(C)OC1.Cc1cc2c(c(F)c1F)OC(C)CC2.Cc1cc2ccc(C)c(F)c2c(F)c1F.Cc1ccc(C)c(Cl)c1F.Cc1ccc(C)c(F)c1F.Cc1ccc(C)cc1.[Nd].[Nd].[Nd].[Nd]. The van der Waals surface area contributed by atoms with E-state index >= 15 is 0 Å². The number of halogens is 10. The van der Waals surface area contributed by atoms with E-state index in [2.05, 4.69) is 85.7 Å². The number of hydrogen-bond acceptors (Lipinski definition) is 3. The van der Waals surface area contributed by atoms with Crippen LogP contribution in [0.25, 0.3) is 10.8 Å². The minimum atomic E-state index is -1.11. The number of ether oxygens (including phenoxy) is 3. The molecular weight excluding hydrogens is 1760 g/mol. The molecule has 3 unspecified atom stereocenters. The van der Waals surface area contributed by atoms with Crippen molar-refractivity contribution in [3.8, 4) is 5.75 Å². The second-order valence-electron chi connectivity index (χ2n) is 25.9. The summed E-state index contributed by atoms with van der Waals surface area (Å²) in [5.41, 5.74) is 8.90. The smallest absolute Gasteiger partial charge is 0.201 e. The predicted octanol–water partition coefficient (Wildman–Crippen LogP) is 24.5. The Morgan fingerprint density at radius 2 is 0.819 bits per heavy atom. The molecule has 3 atom stereocenters. The zero-order valence-electron chi connectivity index (χ0n) is 59.0. The normalized spacial score (nSPS) is 19.7.